The van der Waals surface area contributed by atoms with Crippen LogP contribution in [0.1, 0.15) is 59.7 Å². The lowest BCUT2D eigenvalue weighted by molar-refractivity contribution is 0.0927. The number of amides is 2. The van der Waals surface area contributed by atoms with E-state index in [2.05, 4.69) is 5.32 Å². The first kappa shape index (κ1) is 18.2. The molecule has 0 aliphatic heterocycles. The van der Waals surface area contributed by atoms with Crippen LogP contribution in [0.4, 0.5) is 5.69 Å². The van der Waals surface area contributed by atoms with Gasteiger partial charge in [-0.1, -0.05) is 43.5 Å². The average Bonchev–Trinajstić information content (AvgIpc) is 2.70. The summed E-state index contributed by atoms with van der Waals surface area (Å²) in [6.07, 6.45) is 5.69. The zero-order valence-corrected chi connectivity index (χ0v) is 15.3. The predicted octanol–water partition coefficient (Wildman–Crippen LogP) is 4.42. The Kier molecular flexibility index (Phi) is 6.05. The fourth-order valence-corrected chi connectivity index (χ4v) is 3.52. The molecule has 136 valence electrons. The van der Waals surface area contributed by atoms with E-state index in [9.17, 15) is 9.59 Å². The number of hydrogen-bond donors (Lipinski definition) is 1. The summed E-state index contributed by atoms with van der Waals surface area (Å²) in [4.78, 5) is 27.2. The highest BCUT2D eigenvalue weighted by Crippen LogP contribution is 2.19. The first-order valence-corrected chi connectivity index (χ1v) is 9.47. The summed E-state index contributed by atoms with van der Waals surface area (Å²) in [6, 6.07) is 16.9. The Morgan fingerprint density at radius 2 is 1.65 bits per heavy atom. The van der Waals surface area contributed by atoms with Crippen LogP contribution in [0.2, 0.25) is 0 Å². The molecule has 4 heteroatoms. The normalized spacial score (nSPS) is 14.7. The molecule has 0 aromatic heterocycles. The largest absolute Gasteiger partial charge is 0.349 e. The van der Waals surface area contributed by atoms with Crippen molar-refractivity contribution < 1.29 is 9.59 Å². The van der Waals surface area contributed by atoms with Crippen molar-refractivity contribution in [3.05, 3.63) is 65.7 Å². The highest BCUT2D eigenvalue weighted by atomic mass is 16.2. The maximum absolute atomic E-state index is 12.9. The minimum atomic E-state index is -0.0917. The molecule has 4 nitrogen and oxygen atoms in total. The number of para-hydroxylation sites is 1. The van der Waals surface area contributed by atoms with Crippen molar-refractivity contribution in [1.82, 2.24) is 5.32 Å². The van der Waals surface area contributed by atoms with Gasteiger partial charge in [-0.05, 0) is 50.1 Å². The van der Waals surface area contributed by atoms with Crippen LogP contribution in [0.5, 0.6) is 0 Å². The molecular formula is C22H26N2O2. The van der Waals surface area contributed by atoms with E-state index in [1.165, 1.54) is 19.3 Å². The van der Waals surface area contributed by atoms with Crippen LogP contribution in [0, 0.1) is 0 Å². The van der Waals surface area contributed by atoms with Crippen LogP contribution in [0.3, 0.4) is 0 Å². The number of nitrogens with zero attached hydrogens (tertiary/aromatic N) is 1. The zero-order valence-electron chi connectivity index (χ0n) is 15.3. The van der Waals surface area contributed by atoms with Crippen molar-refractivity contribution in [2.24, 2.45) is 0 Å². The second kappa shape index (κ2) is 8.65. The Morgan fingerprint density at radius 3 is 2.35 bits per heavy atom. The molecule has 1 aliphatic carbocycles. The molecule has 1 aliphatic rings. The Hall–Kier alpha value is -2.62. The molecule has 3 rings (SSSR count). The Morgan fingerprint density at radius 1 is 0.962 bits per heavy atom. The van der Waals surface area contributed by atoms with Gasteiger partial charge in [-0.2, -0.15) is 0 Å². The molecule has 2 amide bonds. The van der Waals surface area contributed by atoms with Gasteiger partial charge < -0.3 is 10.2 Å². The number of nitrogens with one attached hydrogen (secondary N) is 1. The molecule has 1 saturated carbocycles. The smallest absolute Gasteiger partial charge is 0.258 e. The minimum Gasteiger partial charge on any atom is -0.349 e. The van der Waals surface area contributed by atoms with Gasteiger partial charge in [0.1, 0.15) is 0 Å². The van der Waals surface area contributed by atoms with Crippen molar-refractivity contribution in [2.45, 2.75) is 45.1 Å². The first-order valence-electron chi connectivity index (χ1n) is 9.47. The van der Waals surface area contributed by atoms with E-state index in [-0.39, 0.29) is 17.9 Å². The number of benzene rings is 2. The van der Waals surface area contributed by atoms with Gasteiger partial charge in [-0.25, -0.2) is 0 Å². The Balaban J connectivity index is 1.75. The van der Waals surface area contributed by atoms with E-state index in [1.54, 1.807) is 29.2 Å². The molecule has 1 N–H and O–H groups in total. The summed E-state index contributed by atoms with van der Waals surface area (Å²) in [5, 5.41) is 3.11. The quantitative estimate of drug-likeness (QED) is 0.868. The second-order valence-corrected chi connectivity index (χ2v) is 6.77. The molecule has 2 aromatic rings. The van der Waals surface area contributed by atoms with Crippen LogP contribution in [-0.4, -0.2) is 24.4 Å². The van der Waals surface area contributed by atoms with Crippen LogP contribution < -0.4 is 10.2 Å². The third kappa shape index (κ3) is 4.31. The number of rotatable bonds is 5. The lowest BCUT2D eigenvalue weighted by Crippen LogP contribution is -2.36. The van der Waals surface area contributed by atoms with Gasteiger partial charge in [-0.15, -0.1) is 0 Å². The van der Waals surface area contributed by atoms with E-state index >= 15 is 0 Å². The molecule has 0 bridgehead atoms. The number of carbonyl (C=O) groups excluding carboxylic acids is 2. The maximum atomic E-state index is 12.9. The highest BCUT2D eigenvalue weighted by molar-refractivity contribution is 6.07. The van der Waals surface area contributed by atoms with Gasteiger partial charge in [0.15, 0.2) is 0 Å². The van der Waals surface area contributed by atoms with E-state index in [1.807, 2.05) is 37.3 Å². The van der Waals surface area contributed by atoms with Gasteiger partial charge >= 0.3 is 0 Å². The van der Waals surface area contributed by atoms with Crippen molar-refractivity contribution in [1.29, 1.82) is 0 Å². The van der Waals surface area contributed by atoms with Crippen LogP contribution in [-0.2, 0) is 0 Å². The van der Waals surface area contributed by atoms with Crippen LogP contribution in [0.25, 0.3) is 0 Å². The molecule has 0 unspecified atom stereocenters. The predicted molar refractivity (Wildman–Crippen MR) is 105 cm³/mol. The minimum absolute atomic E-state index is 0.0886. The molecule has 0 radical (unpaired) electrons. The fourth-order valence-electron chi connectivity index (χ4n) is 3.52. The van der Waals surface area contributed by atoms with Gasteiger partial charge in [0.2, 0.25) is 0 Å². The highest BCUT2D eigenvalue weighted by Gasteiger charge is 2.19. The zero-order chi connectivity index (χ0) is 18.4. The lowest BCUT2D eigenvalue weighted by atomic mass is 9.95. The second-order valence-electron chi connectivity index (χ2n) is 6.77. The average molecular weight is 350 g/mol. The van der Waals surface area contributed by atoms with E-state index < -0.39 is 0 Å². The molecule has 2 aromatic carbocycles. The van der Waals surface area contributed by atoms with E-state index in [0.29, 0.717) is 17.7 Å². The SMILES string of the molecule is CCN(C(=O)c1cccc(C(=O)NC2CCCCC2)c1)c1ccccc1. The third-order valence-corrected chi connectivity index (χ3v) is 4.94. The van der Waals surface area contributed by atoms with E-state index in [4.69, 9.17) is 0 Å². The standard InChI is InChI=1S/C22H26N2O2/c1-2-24(20-14-7-4-8-15-20)22(26)18-11-9-10-17(16-18)21(25)23-19-12-5-3-6-13-19/h4,7-11,14-16,19H,2-3,5-6,12-13H2,1H3,(H,23,25). The maximum Gasteiger partial charge on any atom is 0.258 e. The molecule has 0 saturated heterocycles. The number of carbonyl (C=O) groups is 2. The summed E-state index contributed by atoms with van der Waals surface area (Å²) in [6.45, 7) is 2.52. The summed E-state index contributed by atoms with van der Waals surface area (Å²) in [5.41, 5.74) is 1.94. The van der Waals surface area contributed by atoms with Crippen molar-refractivity contribution >= 4 is 17.5 Å². The van der Waals surface area contributed by atoms with Crippen molar-refractivity contribution in [3.8, 4) is 0 Å². The van der Waals surface area contributed by atoms with Crippen molar-refractivity contribution in [2.75, 3.05) is 11.4 Å². The Bertz CT molecular complexity index is 752. The summed E-state index contributed by atoms with van der Waals surface area (Å²) >= 11 is 0. The van der Waals surface area contributed by atoms with Gasteiger partial charge in [0.25, 0.3) is 11.8 Å². The van der Waals surface area contributed by atoms with Gasteiger partial charge in [0, 0.05) is 29.4 Å². The lowest BCUT2D eigenvalue weighted by Gasteiger charge is -2.23. The summed E-state index contributed by atoms with van der Waals surface area (Å²) < 4.78 is 0. The molecule has 1 fully saturated rings. The molecule has 0 atom stereocenters. The van der Waals surface area contributed by atoms with Crippen LogP contribution in [0.15, 0.2) is 54.6 Å². The molecular weight excluding hydrogens is 324 g/mol. The topological polar surface area (TPSA) is 49.4 Å². The summed E-state index contributed by atoms with van der Waals surface area (Å²) in [5.74, 6) is -0.180. The first-order chi connectivity index (χ1) is 12.7. The third-order valence-electron chi connectivity index (χ3n) is 4.94. The molecule has 0 spiro atoms. The molecule has 26 heavy (non-hydrogen) atoms. The number of hydrogen-bond acceptors (Lipinski definition) is 2. The van der Waals surface area contributed by atoms with Gasteiger partial charge in [-0.3, -0.25) is 9.59 Å². The number of anilines is 1. The van der Waals surface area contributed by atoms with Crippen LogP contribution >= 0.6 is 0 Å². The van der Waals surface area contributed by atoms with Crippen molar-refractivity contribution in [3.63, 3.8) is 0 Å². The monoisotopic (exact) mass is 350 g/mol. The fraction of sp³-hybridized carbons (Fsp3) is 0.364. The summed E-state index contributed by atoms with van der Waals surface area (Å²) in [7, 11) is 0. The Labute approximate surface area is 155 Å². The molecule has 0 heterocycles. The van der Waals surface area contributed by atoms with E-state index in [0.717, 1.165) is 18.5 Å². The van der Waals surface area contributed by atoms with Gasteiger partial charge in [0.05, 0.1) is 0 Å².